The third kappa shape index (κ3) is 25.4. The molecule has 12 heterocycles. The van der Waals surface area contributed by atoms with Crippen LogP contribution in [-0.2, 0) is 38.5 Å². The quantitative estimate of drug-likeness (QED) is 0.0329. The zero-order valence-electron chi connectivity index (χ0n) is 131. The Morgan fingerprint density at radius 2 is 0.529 bits per heavy atom. The number of fused-ring (bicyclic) bond motifs is 18. The van der Waals surface area contributed by atoms with Crippen LogP contribution < -0.4 is 56.8 Å². The number of aliphatic hydroxyl groups is 6. The van der Waals surface area contributed by atoms with Crippen molar-refractivity contribution in [2.75, 3.05) is 164 Å². The topological polar surface area (TPSA) is 252 Å². The van der Waals surface area contributed by atoms with Crippen molar-refractivity contribution in [3.05, 3.63) is 139 Å². The van der Waals surface area contributed by atoms with E-state index >= 15 is 0 Å². The maximum Gasteiger partial charge on any atom is 0.161 e. The van der Waals surface area contributed by atoms with Crippen LogP contribution in [0.15, 0.2) is 72.5 Å². The summed E-state index contributed by atoms with van der Waals surface area (Å²) >= 11 is 0. The number of benzene rings is 6. The summed E-state index contributed by atoms with van der Waals surface area (Å²) < 4.78 is 457. The summed E-state index contributed by atoms with van der Waals surface area (Å²) in [4.78, 5) is 10.3. The van der Waals surface area contributed by atoms with Crippen molar-refractivity contribution >= 4 is 0 Å². The largest absolute Gasteiger partial charge is 0.493 e. The number of nitrogens with zero attached hydrogens (tertiary/aromatic N) is 6. The van der Waals surface area contributed by atoms with Crippen molar-refractivity contribution < 1.29 is 153 Å². The van der Waals surface area contributed by atoms with E-state index in [1.165, 1.54) is 61.8 Å². The molecule has 18 rings (SSSR count). The molecule has 6 fully saturated rings. The number of hydrogen-bond acceptors (Lipinski definition) is 24. The molecule has 0 bridgehead atoms. The van der Waals surface area contributed by atoms with E-state index in [-0.39, 0.29) is 234 Å². The first-order valence-electron chi connectivity index (χ1n) is 71.5. The number of ether oxygens (including phenoxy) is 12. The van der Waals surface area contributed by atoms with Gasteiger partial charge < -0.3 is 87.5 Å². The van der Waals surface area contributed by atoms with Gasteiger partial charge in [-0.05, 0) is 326 Å². The number of methoxy groups -OCH3 is 12. The van der Waals surface area contributed by atoms with Gasteiger partial charge in [0.25, 0.3) is 0 Å². The Labute approximate surface area is 894 Å². The summed E-state index contributed by atoms with van der Waals surface area (Å²) in [6, 6.07) is -10.7. The van der Waals surface area contributed by atoms with E-state index in [4.69, 9.17) is 119 Å². The van der Waals surface area contributed by atoms with Crippen molar-refractivity contribution in [3.8, 4) is 69.0 Å². The molecule has 0 amide bonds. The Balaban J connectivity index is 0.000000182. The molecule has 768 valence electrons. The lowest BCUT2D eigenvalue weighted by Crippen LogP contribution is -2.48. The van der Waals surface area contributed by atoms with Gasteiger partial charge in [0, 0.05) is 143 Å². The summed E-state index contributed by atoms with van der Waals surface area (Å²) in [7, 11) is 3.31. The van der Waals surface area contributed by atoms with E-state index in [2.05, 4.69) is 51.3 Å². The fraction of sp³-hybridized carbons (Fsp3) is 0.684. The van der Waals surface area contributed by atoms with E-state index in [1.54, 1.807) is 4.90 Å². The highest BCUT2D eigenvalue weighted by molar-refractivity contribution is 5.55. The fourth-order valence-electron chi connectivity index (χ4n) is 20.8. The van der Waals surface area contributed by atoms with E-state index in [0.717, 1.165) is 45.1 Å². The standard InChI is InChI=1S/6C19H29NO3/c6*1-12(2)7-14-11-20-6-5-13-8-18(22-3)19(23-4)9-15(13)16(20)10-17(14)21/h6*8-9,12,14,16-17,21H,5-7,10-11H2,1-4H3/i1D3,4D3,7D2,8D,9D,10D2,12D,14D,17D;1D3,4D3,7D2,8D,9D,12D,16D;1D3,7D2,8D,9D,12D,16D;4D3,8D,9D,16D;2*8D,9D,16D. The molecule has 12 aliphatic rings. The van der Waals surface area contributed by atoms with Gasteiger partial charge in [-0.25, -0.2) is 0 Å². The first-order valence-corrected chi connectivity index (χ1v) is 47.5. The second-order valence-corrected chi connectivity index (χ2v) is 38.1. The molecule has 6 saturated heterocycles. The number of piperidine rings is 6. The van der Waals surface area contributed by atoms with Gasteiger partial charge in [-0.1, -0.05) is 82.9 Å². The molecule has 6 aromatic carbocycles. The van der Waals surface area contributed by atoms with Crippen LogP contribution in [0.25, 0.3) is 0 Å². The summed E-state index contributed by atoms with van der Waals surface area (Å²) in [5.41, 5.74) is 3.69. The highest BCUT2D eigenvalue weighted by Gasteiger charge is 2.47. The molecule has 21 atom stereocenters. The Morgan fingerprint density at radius 3 is 0.775 bits per heavy atom. The molecule has 0 radical (unpaired) electrons. The first-order chi connectivity index (χ1) is 84.9. The molecule has 6 aromatic rings. The van der Waals surface area contributed by atoms with E-state index in [0.29, 0.717) is 123 Å². The smallest absolute Gasteiger partial charge is 0.161 e. The molecule has 0 aromatic heterocycles. The Hall–Kier alpha value is -7.56. The van der Waals surface area contributed by atoms with Crippen molar-refractivity contribution in [1.82, 2.24) is 29.4 Å². The van der Waals surface area contributed by atoms with E-state index < -0.39 is 218 Å². The third-order valence-electron chi connectivity index (χ3n) is 27.2. The SMILES string of the molecule is [2H]c1c2c(c([2H])c(OC([2H])([2H])[2H])c1OC)C1([2H])CC(O)C(C([2H])([2H])C([2H])(C)C([2H])([2H])[2H])CN1CC2.[2H]c1c2c(c([2H])c(OC([2H])([2H])[2H])c1OC)C1([2H])CC(O)C(CC(C)C)CN1CC2.[2H]c1c2c(c([2H])c(OC([2H])([2H])[2H])c1OC)C1N(CC2)CC([2H])(C([2H])([2H])C([2H])(C)C([2H])([2H])[2H])C([2H])(O)C1([2H])[2H].[2H]c1c2c(c([2H])c(OC)c1OC)C1([2H])CC(O)C(C([2H])([2H])C([2H])(C)C([2H])([2H])[2H])CN1CC2.[2H]c1c2c(c([2H])c(OC)c1OC)C1([2H])CC(O)C(CC(C)C)CN1CC2.[2H]c1c2c(c([2H])c(OC)c1OC)C1([2H])CC(O)C(CC(C)C)CN1CC2. The third-order valence-corrected chi connectivity index (χ3v) is 27.2. The van der Waals surface area contributed by atoms with Gasteiger partial charge in [0.15, 0.2) is 69.0 Å². The summed E-state index contributed by atoms with van der Waals surface area (Å²) in [6.45, 7) is 8.73. The minimum atomic E-state index is -3.69. The highest BCUT2D eigenvalue weighted by Crippen LogP contribution is 2.52. The molecule has 24 nitrogen and oxygen atoms in total. The zero-order valence-corrected chi connectivity index (χ0v) is 82.7. The minimum Gasteiger partial charge on any atom is -0.493 e. The van der Waals surface area contributed by atoms with E-state index in [9.17, 15) is 34.8 Å². The van der Waals surface area contributed by atoms with Crippen molar-refractivity contribution in [2.45, 2.75) is 271 Å². The predicted molar refractivity (Wildman–Crippen MR) is 547 cm³/mol. The van der Waals surface area contributed by atoms with Gasteiger partial charge in [-0.2, -0.15) is 0 Å². The van der Waals surface area contributed by atoms with Crippen LogP contribution in [0.1, 0.15) is 328 Å². The van der Waals surface area contributed by atoms with Crippen LogP contribution in [0.3, 0.4) is 0 Å². The van der Waals surface area contributed by atoms with Gasteiger partial charge in [-0.3, -0.25) is 29.4 Å². The Bertz CT molecular complexity index is 7240. The second-order valence-electron chi connectivity index (χ2n) is 38.1. The fourth-order valence-corrected chi connectivity index (χ4v) is 20.8. The maximum absolute atomic E-state index is 11.3. The highest BCUT2D eigenvalue weighted by atomic mass is 16.5. The van der Waals surface area contributed by atoms with E-state index in [1.807, 2.05) is 4.90 Å². The monoisotopic (exact) mass is 1960 g/mol. The van der Waals surface area contributed by atoms with Crippen molar-refractivity contribution in [1.29, 1.82) is 0 Å². The number of aliphatic hydroxyl groups excluding tert-OH is 5. The lowest BCUT2D eigenvalue weighted by molar-refractivity contribution is -0.0192. The molecule has 24 heteroatoms. The molecule has 0 spiro atoms. The van der Waals surface area contributed by atoms with Gasteiger partial charge in [0.1, 0.15) is 0 Å². The lowest BCUT2D eigenvalue weighted by Gasteiger charge is -2.46. The molecule has 6 N–H and O–H groups in total. The van der Waals surface area contributed by atoms with Crippen LogP contribution >= 0.6 is 0 Å². The van der Waals surface area contributed by atoms with Crippen molar-refractivity contribution in [3.63, 3.8) is 0 Å². The molecule has 12 aliphatic heterocycles. The predicted octanol–water partition coefficient (Wildman–Crippen LogP) is 18.2. The molecule has 0 aliphatic carbocycles. The molecular formula is C114H174N6O18. The molecule has 21 unspecified atom stereocenters. The van der Waals surface area contributed by atoms with Crippen LogP contribution in [0.4, 0.5) is 0 Å². The first kappa shape index (κ1) is 60.3. The maximum atomic E-state index is 11.3. The molecular weight excluding hydrogens is 1740 g/mol. The summed E-state index contributed by atoms with van der Waals surface area (Å²) in [5.74, 6) is -13.4. The summed E-state index contributed by atoms with van der Waals surface area (Å²) in [6.07, 6.45) is -16.0. The lowest BCUT2D eigenvalue weighted by atomic mass is 9.79. The van der Waals surface area contributed by atoms with Gasteiger partial charge in [0.05, 0.1) is 159 Å². The van der Waals surface area contributed by atoms with Crippen LogP contribution in [0.5, 0.6) is 69.0 Å². The minimum absolute atomic E-state index is 0.00898. The van der Waals surface area contributed by atoms with Gasteiger partial charge >= 0.3 is 0 Å². The normalized spacial score (nSPS) is 38.8. The number of rotatable bonds is 24. The summed E-state index contributed by atoms with van der Waals surface area (Å²) in [5, 5.41) is 65.4. The van der Waals surface area contributed by atoms with Gasteiger partial charge in [0.2, 0.25) is 0 Å². The Kier molecular flexibility index (Phi) is 21.5. The second kappa shape index (κ2) is 49.1. The Morgan fingerprint density at radius 1 is 0.312 bits per heavy atom. The van der Waals surface area contributed by atoms with Crippen LogP contribution in [-0.4, -0.2) is 260 Å². The number of hydrogen-bond donors (Lipinski definition) is 6. The van der Waals surface area contributed by atoms with Gasteiger partial charge in [-0.15, -0.1) is 0 Å². The zero-order chi connectivity index (χ0) is 141. The van der Waals surface area contributed by atoms with Crippen LogP contribution in [0.2, 0.25) is 0 Å². The van der Waals surface area contributed by atoms with Crippen LogP contribution in [0, 0.1) is 70.9 Å². The average molecular weight is 1960 g/mol. The molecule has 138 heavy (non-hydrogen) atoms. The molecule has 0 saturated carbocycles. The average Bonchev–Trinajstić information content (AvgIpc) is 0.669. The van der Waals surface area contributed by atoms with Crippen molar-refractivity contribution in [2.24, 2.45) is 70.9 Å².